The highest BCUT2D eigenvalue weighted by molar-refractivity contribution is 7.99. The van der Waals surface area contributed by atoms with Gasteiger partial charge >= 0.3 is 0 Å². The van der Waals surface area contributed by atoms with Crippen molar-refractivity contribution in [1.82, 2.24) is 19.4 Å². The lowest BCUT2D eigenvalue weighted by atomic mass is 10.0. The average Bonchev–Trinajstić information content (AvgIpc) is 3.41. The summed E-state index contributed by atoms with van der Waals surface area (Å²) in [4.78, 5) is 22.6. The fourth-order valence-electron chi connectivity index (χ4n) is 5.29. The number of rotatable bonds is 11. The molecule has 0 bridgehead atoms. The van der Waals surface area contributed by atoms with E-state index in [1.165, 1.54) is 11.1 Å². The zero-order valence-corrected chi connectivity index (χ0v) is 25.0. The second kappa shape index (κ2) is 14.3. The third-order valence-electron chi connectivity index (χ3n) is 7.45. The number of imidazole rings is 1. The maximum absolute atomic E-state index is 13.0. The molecule has 0 unspecified atom stereocenters. The topological polar surface area (TPSA) is 41.4 Å². The van der Waals surface area contributed by atoms with Crippen LogP contribution in [-0.4, -0.2) is 63.7 Å². The van der Waals surface area contributed by atoms with Crippen LogP contribution in [0.2, 0.25) is 0 Å². The second-order valence-corrected chi connectivity index (χ2v) is 11.8. The molecule has 0 atom stereocenters. The largest absolute Gasteiger partial charge is 0.340 e. The maximum atomic E-state index is 13.0. The molecule has 5 nitrogen and oxygen atoms in total. The number of hydrogen-bond acceptors (Lipinski definition) is 4. The van der Waals surface area contributed by atoms with Crippen molar-refractivity contribution in [3.05, 3.63) is 103 Å². The summed E-state index contributed by atoms with van der Waals surface area (Å²) >= 11 is 1.76. The summed E-state index contributed by atoms with van der Waals surface area (Å²) in [6, 6.07) is 31.6. The van der Waals surface area contributed by atoms with E-state index in [1.54, 1.807) is 11.8 Å². The molecule has 41 heavy (non-hydrogen) atoms. The van der Waals surface area contributed by atoms with Crippen molar-refractivity contribution in [2.24, 2.45) is 0 Å². The molecular weight excluding hydrogens is 524 g/mol. The minimum atomic E-state index is 0.262. The molecular formula is C35H40N4OS. The predicted molar refractivity (Wildman–Crippen MR) is 172 cm³/mol. The van der Waals surface area contributed by atoms with E-state index < -0.39 is 0 Å². The van der Waals surface area contributed by atoms with Crippen LogP contribution in [0.15, 0.2) is 102 Å². The number of hydrogen-bond donors (Lipinski definition) is 0. The van der Waals surface area contributed by atoms with Crippen molar-refractivity contribution >= 4 is 23.7 Å². The summed E-state index contributed by atoms with van der Waals surface area (Å²) in [5.74, 6) is 1.13. The summed E-state index contributed by atoms with van der Waals surface area (Å²) in [6.07, 6.45) is 5.82. The average molecular weight is 565 g/mol. The summed E-state index contributed by atoms with van der Waals surface area (Å²) in [5.41, 5.74) is 5.69. The van der Waals surface area contributed by atoms with Gasteiger partial charge in [0.15, 0.2) is 5.16 Å². The van der Waals surface area contributed by atoms with Crippen LogP contribution in [0.25, 0.3) is 28.6 Å². The Kier molecular flexibility index (Phi) is 10.1. The van der Waals surface area contributed by atoms with E-state index in [2.05, 4.69) is 114 Å². The Morgan fingerprint density at radius 1 is 0.854 bits per heavy atom. The minimum Gasteiger partial charge on any atom is -0.340 e. The van der Waals surface area contributed by atoms with E-state index >= 15 is 0 Å². The molecule has 5 rings (SSSR count). The maximum Gasteiger partial charge on any atom is 0.222 e. The van der Waals surface area contributed by atoms with Gasteiger partial charge in [-0.1, -0.05) is 115 Å². The highest BCUT2D eigenvalue weighted by Gasteiger charge is 2.23. The monoisotopic (exact) mass is 564 g/mol. The van der Waals surface area contributed by atoms with Gasteiger partial charge in [0.05, 0.1) is 11.4 Å². The van der Waals surface area contributed by atoms with Crippen molar-refractivity contribution in [1.29, 1.82) is 0 Å². The molecule has 0 spiro atoms. The van der Waals surface area contributed by atoms with Crippen LogP contribution in [0.1, 0.15) is 38.3 Å². The van der Waals surface area contributed by atoms with Crippen molar-refractivity contribution in [3.8, 4) is 22.5 Å². The molecule has 6 heteroatoms. The lowest BCUT2D eigenvalue weighted by Gasteiger charge is -2.34. The van der Waals surface area contributed by atoms with Gasteiger partial charge in [0.2, 0.25) is 5.91 Å². The van der Waals surface area contributed by atoms with E-state index in [4.69, 9.17) is 4.98 Å². The van der Waals surface area contributed by atoms with Gasteiger partial charge < -0.3 is 9.47 Å². The normalized spacial score (nSPS) is 14.3. The molecule has 2 heterocycles. The lowest BCUT2D eigenvalue weighted by Crippen LogP contribution is -2.48. The first-order valence-electron chi connectivity index (χ1n) is 14.7. The number of aromatic nitrogens is 2. The number of nitrogens with zero attached hydrogens (tertiary/aromatic N) is 4. The fraction of sp³-hybridized carbons (Fsp3) is 0.314. The molecule has 0 aliphatic carbocycles. The van der Waals surface area contributed by atoms with Crippen LogP contribution in [0, 0.1) is 0 Å². The first-order chi connectivity index (χ1) is 20.1. The number of carbonyl (C=O) groups excluding carboxylic acids is 1. The van der Waals surface area contributed by atoms with E-state index in [0.29, 0.717) is 6.42 Å². The van der Waals surface area contributed by atoms with Crippen LogP contribution in [-0.2, 0) is 4.79 Å². The Morgan fingerprint density at radius 2 is 1.46 bits per heavy atom. The number of thioether (sulfide) groups is 1. The van der Waals surface area contributed by atoms with E-state index in [0.717, 1.165) is 67.0 Å². The van der Waals surface area contributed by atoms with Crippen molar-refractivity contribution in [2.45, 2.75) is 37.9 Å². The molecule has 1 fully saturated rings. The molecule has 1 aromatic heterocycles. The van der Waals surface area contributed by atoms with E-state index in [9.17, 15) is 4.79 Å². The number of piperazine rings is 1. The van der Waals surface area contributed by atoms with Gasteiger partial charge in [0.25, 0.3) is 0 Å². The summed E-state index contributed by atoms with van der Waals surface area (Å²) in [7, 11) is 0. The molecule has 0 N–H and O–H groups in total. The van der Waals surface area contributed by atoms with Crippen LogP contribution >= 0.6 is 11.8 Å². The quantitative estimate of drug-likeness (QED) is 0.140. The van der Waals surface area contributed by atoms with Gasteiger partial charge in [0.1, 0.15) is 0 Å². The predicted octanol–water partition coefficient (Wildman–Crippen LogP) is 7.53. The molecule has 212 valence electrons. The van der Waals surface area contributed by atoms with Crippen molar-refractivity contribution in [2.75, 3.05) is 38.5 Å². The number of amides is 1. The van der Waals surface area contributed by atoms with E-state index in [1.807, 2.05) is 17.0 Å². The van der Waals surface area contributed by atoms with Gasteiger partial charge in [-0.3, -0.25) is 9.69 Å². The Hall–Kier alpha value is -3.61. The Balaban J connectivity index is 1.16. The zero-order valence-electron chi connectivity index (χ0n) is 24.2. The lowest BCUT2D eigenvalue weighted by molar-refractivity contribution is -0.132. The molecule has 3 aromatic carbocycles. The molecule has 0 saturated carbocycles. The summed E-state index contributed by atoms with van der Waals surface area (Å²) in [5, 5.41) is 1.02. The summed E-state index contributed by atoms with van der Waals surface area (Å²) < 4.78 is 2.36. The molecule has 1 saturated heterocycles. The first-order valence-corrected chi connectivity index (χ1v) is 15.7. The molecule has 1 aliphatic heterocycles. The second-order valence-electron chi connectivity index (χ2n) is 10.7. The number of carbonyl (C=O) groups is 1. The molecule has 1 amide bonds. The molecule has 0 radical (unpaired) electrons. The van der Waals surface area contributed by atoms with Crippen LogP contribution < -0.4 is 0 Å². The highest BCUT2D eigenvalue weighted by Crippen LogP contribution is 2.38. The fourth-order valence-corrected chi connectivity index (χ4v) is 6.36. The standard InChI is InChI=1S/C35H40N4OS/c1-28(2)39-34(31-19-10-5-11-20-31)33(30-17-8-4-9-18-30)36-35(39)41-27-13-21-32(40)38-25-23-37(24-26-38)22-12-16-29-14-6-3-7-15-29/h3-12,14-20,28H,13,21-27H2,1-2H3. The highest BCUT2D eigenvalue weighted by atomic mass is 32.2. The van der Waals surface area contributed by atoms with Gasteiger partial charge in [-0.2, -0.15) is 0 Å². The molecule has 4 aromatic rings. The van der Waals surface area contributed by atoms with Crippen molar-refractivity contribution < 1.29 is 4.79 Å². The zero-order chi connectivity index (χ0) is 28.4. The summed E-state index contributed by atoms with van der Waals surface area (Å²) in [6.45, 7) is 8.83. The first kappa shape index (κ1) is 28.9. The van der Waals surface area contributed by atoms with Crippen LogP contribution in [0.3, 0.4) is 0 Å². The third kappa shape index (κ3) is 7.57. The number of benzene rings is 3. The van der Waals surface area contributed by atoms with Gasteiger partial charge in [-0.15, -0.1) is 0 Å². The Labute approximate surface area is 248 Å². The van der Waals surface area contributed by atoms with Gasteiger partial charge in [-0.25, -0.2) is 4.98 Å². The molecule has 1 aliphatic rings. The smallest absolute Gasteiger partial charge is 0.222 e. The van der Waals surface area contributed by atoms with Gasteiger partial charge in [-0.05, 0) is 25.8 Å². The van der Waals surface area contributed by atoms with Gasteiger partial charge in [0, 0.05) is 62.1 Å². The Bertz CT molecular complexity index is 1410. The van der Waals surface area contributed by atoms with Crippen molar-refractivity contribution in [3.63, 3.8) is 0 Å². The third-order valence-corrected chi connectivity index (χ3v) is 8.49. The Morgan fingerprint density at radius 3 is 2.10 bits per heavy atom. The SMILES string of the molecule is CC(C)n1c(SCCCC(=O)N2CCN(CC=Cc3ccccc3)CC2)nc(-c2ccccc2)c1-c1ccccc1. The van der Waals surface area contributed by atoms with Crippen LogP contribution in [0.4, 0.5) is 0 Å². The van der Waals surface area contributed by atoms with E-state index in [-0.39, 0.29) is 11.9 Å². The minimum absolute atomic E-state index is 0.262. The van der Waals surface area contributed by atoms with Crippen LogP contribution in [0.5, 0.6) is 0 Å².